The normalized spacial score (nSPS) is 18.3. The summed E-state index contributed by atoms with van der Waals surface area (Å²) in [6, 6.07) is 35.3. The molecule has 0 bridgehead atoms. The van der Waals surface area contributed by atoms with Crippen molar-refractivity contribution in [2.45, 2.75) is 44.2 Å². The summed E-state index contributed by atoms with van der Waals surface area (Å²) in [5, 5.41) is 4.47. The molecule has 1 aliphatic heterocycles. The summed E-state index contributed by atoms with van der Waals surface area (Å²) in [4.78, 5) is 13.3. The fourth-order valence-corrected chi connectivity index (χ4v) is 5.91. The first-order valence-corrected chi connectivity index (χ1v) is 12.7. The molecule has 0 radical (unpaired) electrons. The molecule has 4 aromatic rings. The Morgan fingerprint density at radius 2 is 1.43 bits per heavy atom. The van der Waals surface area contributed by atoms with Crippen LogP contribution in [0.25, 0.3) is 0 Å². The smallest absolute Gasteiger partial charge is 0.164 e. The van der Waals surface area contributed by atoms with Gasteiger partial charge in [0.1, 0.15) is 0 Å². The molecule has 176 valence electrons. The van der Waals surface area contributed by atoms with E-state index in [1.165, 1.54) is 27.8 Å². The Bertz CT molecular complexity index is 1310. The van der Waals surface area contributed by atoms with Gasteiger partial charge in [0.2, 0.25) is 0 Å². The van der Waals surface area contributed by atoms with Crippen molar-refractivity contribution in [2.24, 2.45) is 0 Å². The van der Waals surface area contributed by atoms with Gasteiger partial charge in [-0.3, -0.25) is 10.1 Å². The van der Waals surface area contributed by atoms with Crippen LogP contribution in [0.1, 0.15) is 57.9 Å². The zero-order valence-corrected chi connectivity index (χ0v) is 21.0. The zero-order valence-electron chi connectivity index (χ0n) is 20.2. The minimum atomic E-state index is -0.422. The Morgan fingerprint density at radius 1 is 0.829 bits per heavy atom. The van der Waals surface area contributed by atoms with Crippen molar-refractivity contribution in [2.75, 3.05) is 0 Å². The van der Waals surface area contributed by atoms with Crippen LogP contribution in [0.3, 0.4) is 0 Å². The third kappa shape index (κ3) is 4.01. The molecule has 0 amide bonds. The van der Waals surface area contributed by atoms with Crippen LogP contribution in [0.15, 0.2) is 103 Å². The van der Waals surface area contributed by atoms with Crippen LogP contribution in [0.2, 0.25) is 5.02 Å². The molecule has 3 heteroatoms. The van der Waals surface area contributed by atoms with Crippen LogP contribution in [0, 0.1) is 6.92 Å². The van der Waals surface area contributed by atoms with E-state index in [0.29, 0.717) is 23.4 Å². The Labute approximate surface area is 213 Å². The van der Waals surface area contributed by atoms with Gasteiger partial charge in [-0.25, -0.2) is 0 Å². The van der Waals surface area contributed by atoms with E-state index in [1.807, 2.05) is 18.2 Å². The van der Waals surface area contributed by atoms with Crippen molar-refractivity contribution in [1.82, 2.24) is 5.32 Å². The summed E-state index contributed by atoms with van der Waals surface area (Å²) < 4.78 is 0. The fraction of sp³-hybridized carbons (Fsp3) is 0.219. The van der Waals surface area contributed by atoms with Crippen LogP contribution >= 0.6 is 11.6 Å². The third-order valence-electron chi connectivity index (χ3n) is 7.45. The lowest BCUT2D eigenvalue weighted by Crippen LogP contribution is -2.26. The molecular formula is C32H30ClNO. The van der Waals surface area contributed by atoms with Gasteiger partial charge in [-0.05, 0) is 59.7 Å². The molecule has 1 aliphatic rings. The minimum Gasteiger partial charge on any atom is -0.294 e. The number of halogens is 1. The molecule has 35 heavy (non-hydrogen) atoms. The number of hydrogen-bond acceptors (Lipinski definition) is 2. The molecular weight excluding hydrogens is 450 g/mol. The summed E-state index contributed by atoms with van der Waals surface area (Å²) in [5.74, 6) is 0.0709. The number of Topliss-reactive ketones (excluding diaryl/α,β-unsaturated/α-hetero) is 1. The number of rotatable bonds is 8. The van der Waals surface area contributed by atoms with Crippen molar-refractivity contribution < 1.29 is 4.79 Å². The molecule has 1 heterocycles. The topological polar surface area (TPSA) is 39.0 Å². The maximum absolute atomic E-state index is 13.3. The first kappa shape index (κ1) is 23.5. The lowest BCUT2D eigenvalue weighted by Gasteiger charge is -2.26. The van der Waals surface area contributed by atoms with Crippen molar-refractivity contribution in [3.05, 3.63) is 142 Å². The number of ketones is 1. The summed E-state index contributed by atoms with van der Waals surface area (Å²) in [6.45, 7) is 4.37. The van der Waals surface area contributed by atoms with Gasteiger partial charge in [-0.15, -0.1) is 0 Å². The number of carbonyl (C=O) groups excluding carboxylic acids is 1. The number of carbonyl (C=O) groups is 1. The molecule has 1 fully saturated rings. The van der Waals surface area contributed by atoms with E-state index in [0.717, 1.165) is 6.42 Å². The Balaban J connectivity index is 1.63. The zero-order chi connectivity index (χ0) is 24.5. The molecule has 0 aromatic heterocycles. The van der Waals surface area contributed by atoms with Gasteiger partial charge in [0.05, 0.1) is 16.1 Å². The van der Waals surface area contributed by atoms with Crippen LogP contribution in [0.4, 0.5) is 0 Å². The molecule has 1 atom stereocenters. The third-order valence-corrected chi connectivity index (χ3v) is 7.78. The molecule has 5 rings (SSSR count). The van der Waals surface area contributed by atoms with Gasteiger partial charge in [0.25, 0.3) is 0 Å². The van der Waals surface area contributed by atoms with E-state index in [-0.39, 0.29) is 5.78 Å². The quantitative estimate of drug-likeness (QED) is 0.208. The molecule has 1 N–H and O–H groups in total. The highest BCUT2D eigenvalue weighted by Crippen LogP contribution is 2.61. The largest absolute Gasteiger partial charge is 0.294 e. The number of benzene rings is 4. The molecule has 0 aliphatic carbocycles. The maximum atomic E-state index is 13.3. The van der Waals surface area contributed by atoms with Crippen molar-refractivity contribution in [3.63, 3.8) is 0 Å². The monoisotopic (exact) mass is 479 g/mol. The van der Waals surface area contributed by atoms with Gasteiger partial charge < -0.3 is 0 Å². The minimum absolute atomic E-state index is 0.0709. The van der Waals surface area contributed by atoms with Crippen LogP contribution in [-0.2, 0) is 17.5 Å². The Morgan fingerprint density at radius 3 is 2.00 bits per heavy atom. The molecule has 0 spiro atoms. The van der Waals surface area contributed by atoms with E-state index in [2.05, 4.69) is 98.0 Å². The molecule has 1 saturated heterocycles. The highest BCUT2D eigenvalue weighted by Gasteiger charge is 2.69. The van der Waals surface area contributed by atoms with Crippen molar-refractivity contribution >= 4 is 17.4 Å². The average molecular weight is 480 g/mol. The van der Waals surface area contributed by atoms with Crippen LogP contribution in [-0.4, -0.2) is 5.78 Å². The second-order valence-corrected chi connectivity index (χ2v) is 9.83. The van der Waals surface area contributed by atoms with Gasteiger partial charge in [0, 0.05) is 12.0 Å². The van der Waals surface area contributed by atoms with Crippen molar-refractivity contribution in [1.29, 1.82) is 0 Å². The molecule has 0 saturated carbocycles. The van der Waals surface area contributed by atoms with E-state index in [9.17, 15) is 4.79 Å². The highest BCUT2D eigenvalue weighted by molar-refractivity contribution is 6.33. The van der Waals surface area contributed by atoms with Gasteiger partial charge in [0.15, 0.2) is 5.78 Å². The van der Waals surface area contributed by atoms with E-state index in [1.54, 1.807) is 6.07 Å². The van der Waals surface area contributed by atoms with E-state index >= 15 is 0 Å². The average Bonchev–Trinajstić information content (AvgIpc) is 3.59. The molecule has 2 nitrogen and oxygen atoms in total. The standard InChI is InChI=1S/C32H30ClNO/c1-3-24-18-19-28(23(2)22-24)31(21-20-30(35)27-16-10-11-17-29(27)33)32(34-31,25-12-6-4-7-13-25)26-14-8-5-9-15-26/h4-19,22,34H,3,20-21H2,1-2H3. The summed E-state index contributed by atoms with van der Waals surface area (Å²) in [6.07, 6.45) is 2.05. The number of aryl methyl sites for hydroxylation is 2. The Kier molecular flexibility index (Phi) is 6.35. The SMILES string of the molecule is CCc1ccc(C2(CCC(=O)c3ccccc3Cl)NC2(c2ccccc2)c2ccccc2)c(C)c1. The predicted octanol–water partition coefficient (Wildman–Crippen LogP) is 7.62. The van der Waals surface area contributed by atoms with Crippen LogP contribution < -0.4 is 5.32 Å². The Hall–Kier alpha value is -3.20. The van der Waals surface area contributed by atoms with Crippen LogP contribution in [0.5, 0.6) is 0 Å². The highest BCUT2D eigenvalue weighted by atomic mass is 35.5. The number of nitrogens with one attached hydrogen (secondary N) is 1. The van der Waals surface area contributed by atoms with Gasteiger partial charge >= 0.3 is 0 Å². The summed E-state index contributed by atoms with van der Waals surface area (Å²) in [7, 11) is 0. The lowest BCUT2D eigenvalue weighted by atomic mass is 9.73. The first-order valence-electron chi connectivity index (χ1n) is 12.3. The maximum Gasteiger partial charge on any atom is 0.164 e. The first-order chi connectivity index (χ1) is 17.0. The molecule has 1 unspecified atom stereocenters. The molecule has 4 aromatic carbocycles. The number of hydrogen-bond donors (Lipinski definition) is 1. The van der Waals surface area contributed by atoms with E-state index in [4.69, 9.17) is 11.6 Å². The summed E-state index contributed by atoms with van der Waals surface area (Å²) >= 11 is 6.37. The van der Waals surface area contributed by atoms with Gasteiger partial charge in [-0.1, -0.05) is 110 Å². The lowest BCUT2D eigenvalue weighted by molar-refractivity contribution is 0.0975. The predicted molar refractivity (Wildman–Crippen MR) is 144 cm³/mol. The fourth-order valence-electron chi connectivity index (χ4n) is 5.67. The second kappa shape index (κ2) is 9.45. The van der Waals surface area contributed by atoms with Gasteiger partial charge in [-0.2, -0.15) is 0 Å². The second-order valence-electron chi connectivity index (χ2n) is 9.42. The van der Waals surface area contributed by atoms with Crippen molar-refractivity contribution in [3.8, 4) is 0 Å². The summed E-state index contributed by atoms with van der Waals surface area (Å²) in [5.41, 5.74) is 5.97. The van der Waals surface area contributed by atoms with E-state index < -0.39 is 11.1 Å².